The average Bonchev–Trinajstić information content (AvgIpc) is 3.27. The predicted molar refractivity (Wildman–Crippen MR) is 153 cm³/mol. The lowest BCUT2D eigenvalue weighted by Crippen LogP contribution is -2.21. The summed E-state index contributed by atoms with van der Waals surface area (Å²) in [4.78, 5) is 25.6. The van der Waals surface area contributed by atoms with E-state index in [-0.39, 0.29) is 12.3 Å². The van der Waals surface area contributed by atoms with E-state index in [0.717, 1.165) is 38.7 Å². The van der Waals surface area contributed by atoms with Gasteiger partial charge < -0.3 is 19.3 Å². The summed E-state index contributed by atoms with van der Waals surface area (Å²) < 4.78 is 8.09. The Morgan fingerprint density at radius 1 is 0.821 bits per heavy atom. The van der Waals surface area contributed by atoms with Crippen LogP contribution >= 0.6 is 0 Å². The molecule has 0 radical (unpaired) electrons. The molecule has 4 aromatic carbocycles. The van der Waals surface area contributed by atoms with E-state index in [0.29, 0.717) is 24.5 Å². The molecule has 0 saturated heterocycles. The van der Waals surface area contributed by atoms with E-state index in [1.807, 2.05) is 91.1 Å². The van der Waals surface area contributed by atoms with Crippen LogP contribution in [-0.2, 0) is 24.4 Å². The van der Waals surface area contributed by atoms with Crippen molar-refractivity contribution in [1.82, 2.24) is 9.47 Å². The molecule has 0 bridgehead atoms. The summed E-state index contributed by atoms with van der Waals surface area (Å²) in [5.41, 5.74) is 6.45. The summed E-state index contributed by atoms with van der Waals surface area (Å²) in [7, 11) is 3.49. The normalized spacial score (nSPS) is 10.9. The molecule has 1 heterocycles. The Morgan fingerprint density at radius 3 is 2.28 bits per heavy atom. The first-order valence-corrected chi connectivity index (χ1v) is 12.8. The van der Waals surface area contributed by atoms with E-state index in [1.165, 1.54) is 0 Å². The monoisotopic (exact) mass is 518 g/mol. The van der Waals surface area contributed by atoms with Crippen molar-refractivity contribution in [3.8, 4) is 16.9 Å². The molecule has 196 valence electrons. The molecule has 0 aliphatic rings. The fourth-order valence-corrected chi connectivity index (χ4v) is 4.75. The van der Waals surface area contributed by atoms with Crippen LogP contribution in [0, 0.1) is 0 Å². The van der Waals surface area contributed by atoms with Crippen LogP contribution in [0.15, 0.2) is 103 Å². The summed E-state index contributed by atoms with van der Waals surface area (Å²) in [5.74, 6) is -0.214. The zero-order chi connectivity index (χ0) is 27.4. The maximum absolute atomic E-state index is 12.4. The topological polar surface area (TPSA) is 71.8 Å². The van der Waals surface area contributed by atoms with Gasteiger partial charge in [-0.3, -0.25) is 9.59 Å². The van der Waals surface area contributed by atoms with Crippen molar-refractivity contribution in [2.45, 2.75) is 19.6 Å². The van der Waals surface area contributed by atoms with Gasteiger partial charge in [-0.05, 0) is 64.2 Å². The van der Waals surface area contributed by atoms with Crippen LogP contribution in [0.3, 0.4) is 0 Å². The quantitative estimate of drug-likeness (QED) is 0.250. The molecule has 0 spiro atoms. The third kappa shape index (κ3) is 6.02. The van der Waals surface area contributed by atoms with Crippen molar-refractivity contribution in [3.05, 3.63) is 126 Å². The number of aliphatic carboxylic acids is 1. The number of benzene rings is 4. The first-order valence-electron chi connectivity index (χ1n) is 12.8. The minimum absolute atomic E-state index is 0.0371. The van der Waals surface area contributed by atoms with Crippen LogP contribution in [-0.4, -0.2) is 40.5 Å². The zero-order valence-corrected chi connectivity index (χ0v) is 22.0. The zero-order valence-electron chi connectivity index (χ0n) is 22.0. The number of carbonyl (C=O) groups excluding carboxylic acids is 1. The lowest BCUT2D eigenvalue weighted by molar-refractivity contribution is -0.136. The van der Waals surface area contributed by atoms with E-state index < -0.39 is 5.97 Å². The van der Waals surface area contributed by atoms with E-state index in [2.05, 4.69) is 16.7 Å². The van der Waals surface area contributed by atoms with Crippen LogP contribution in [0.2, 0.25) is 0 Å². The minimum Gasteiger partial charge on any atom is -0.489 e. The number of nitrogens with zero attached hydrogens (tertiary/aromatic N) is 2. The van der Waals surface area contributed by atoms with Gasteiger partial charge in [0.05, 0.1) is 6.42 Å². The van der Waals surface area contributed by atoms with Gasteiger partial charge in [0, 0.05) is 43.3 Å². The molecule has 0 unspecified atom stereocenters. The summed E-state index contributed by atoms with van der Waals surface area (Å²) in [6.07, 6.45) is 1.85. The maximum Gasteiger partial charge on any atom is 0.307 e. The molecule has 1 aromatic heterocycles. The van der Waals surface area contributed by atoms with Crippen molar-refractivity contribution >= 4 is 22.8 Å². The molecular formula is C33H30N2O4. The highest BCUT2D eigenvalue weighted by Gasteiger charge is 2.14. The standard InChI is InChI=1S/C33H30N2O4/c1-34(2)33(38)27-13-7-12-26(17-27)25-11-6-10-24(16-25)20-35-21-28(18-32(36)37)30-19-29(14-15-31(30)35)39-22-23-8-4-3-5-9-23/h3-17,19,21H,18,20,22H2,1-2H3,(H,36,37). The fourth-order valence-electron chi connectivity index (χ4n) is 4.75. The Morgan fingerprint density at radius 2 is 1.54 bits per heavy atom. The van der Waals surface area contributed by atoms with Gasteiger partial charge in [-0.2, -0.15) is 0 Å². The lowest BCUT2D eigenvalue weighted by Gasteiger charge is -2.12. The molecule has 0 aliphatic heterocycles. The van der Waals surface area contributed by atoms with E-state index in [4.69, 9.17) is 4.74 Å². The molecule has 0 atom stereocenters. The number of ether oxygens (including phenoxy) is 1. The molecule has 0 saturated carbocycles. The largest absolute Gasteiger partial charge is 0.489 e. The van der Waals surface area contributed by atoms with Gasteiger partial charge in [0.25, 0.3) is 5.91 Å². The second kappa shape index (κ2) is 11.3. The highest BCUT2D eigenvalue weighted by atomic mass is 16.5. The Hall–Kier alpha value is -4.84. The molecule has 5 rings (SSSR count). The van der Waals surface area contributed by atoms with Crippen LogP contribution in [0.5, 0.6) is 5.75 Å². The molecule has 6 heteroatoms. The highest BCUT2D eigenvalue weighted by molar-refractivity contribution is 5.95. The summed E-state index contributed by atoms with van der Waals surface area (Å²) in [6.45, 7) is 1.01. The lowest BCUT2D eigenvalue weighted by atomic mass is 10.0. The summed E-state index contributed by atoms with van der Waals surface area (Å²) in [5, 5.41) is 10.4. The van der Waals surface area contributed by atoms with Crippen LogP contribution in [0.4, 0.5) is 0 Å². The molecule has 0 fully saturated rings. The van der Waals surface area contributed by atoms with Crippen LogP contribution < -0.4 is 4.74 Å². The molecule has 39 heavy (non-hydrogen) atoms. The Kier molecular flexibility index (Phi) is 7.46. The second-order valence-corrected chi connectivity index (χ2v) is 9.79. The van der Waals surface area contributed by atoms with Crippen molar-refractivity contribution in [2.75, 3.05) is 14.1 Å². The Bertz CT molecular complexity index is 1640. The number of amides is 1. The van der Waals surface area contributed by atoms with Gasteiger partial charge >= 0.3 is 5.97 Å². The SMILES string of the molecule is CN(C)C(=O)c1cccc(-c2cccc(Cn3cc(CC(=O)O)c4cc(OCc5ccccc5)ccc43)c2)c1. The van der Waals surface area contributed by atoms with Crippen LogP contribution in [0.1, 0.15) is 27.0 Å². The number of hydrogen-bond donors (Lipinski definition) is 1. The van der Waals surface area contributed by atoms with E-state index in [1.54, 1.807) is 19.0 Å². The van der Waals surface area contributed by atoms with Gasteiger partial charge in [0.15, 0.2) is 0 Å². The smallest absolute Gasteiger partial charge is 0.307 e. The number of carboxylic acids is 1. The molecule has 1 amide bonds. The van der Waals surface area contributed by atoms with Crippen molar-refractivity contribution in [2.24, 2.45) is 0 Å². The molecule has 1 N–H and O–H groups in total. The van der Waals surface area contributed by atoms with Gasteiger partial charge in [-0.15, -0.1) is 0 Å². The third-order valence-corrected chi connectivity index (χ3v) is 6.65. The summed E-state index contributed by atoms with van der Waals surface area (Å²) >= 11 is 0. The number of hydrogen-bond acceptors (Lipinski definition) is 3. The first-order chi connectivity index (χ1) is 18.9. The first kappa shape index (κ1) is 25.8. The average molecular weight is 519 g/mol. The predicted octanol–water partition coefficient (Wildman–Crippen LogP) is 6.26. The van der Waals surface area contributed by atoms with Crippen molar-refractivity contribution < 1.29 is 19.4 Å². The van der Waals surface area contributed by atoms with Gasteiger partial charge in [0.1, 0.15) is 12.4 Å². The number of aromatic nitrogens is 1. The number of fused-ring (bicyclic) bond motifs is 1. The number of carbonyl (C=O) groups is 2. The molecule has 5 aromatic rings. The number of carboxylic acid groups (broad SMARTS) is 1. The van der Waals surface area contributed by atoms with E-state index in [9.17, 15) is 14.7 Å². The Balaban J connectivity index is 1.43. The van der Waals surface area contributed by atoms with E-state index >= 15 is 0 Å². The third-order valence-electron chi connectivity index (χ3n) is 6.65. The van der Waals surface area contributed by atoms with Crippen molar-refractivity contribution in [1.29, 1.82) is 0 Å². The fraction of sp³-hybridized carbons (Fsp3) is 0.152. The van der Waals surface area contributed by atoms with Crippen molar-refractivity contribution in [3.63, 3.8) is 0 Å². The molecule has 6 nitrogen and oxygen atoms in total. The van der Waals surface area contributed by atoms with Gasteiger partial charge in [-0.1, -0.05) is 60.7 Å². The van der Waals surface area contributed by atoms with Gasteiger partial charge in [0.2, 0.25) is 0 Å². The van der Waals surface area contributed by atoms with Gasteiger partial charge in [-0.25, -0.2) is 0 Å². The van der Waals surface area contributed by atoms with Crippen LogP contribution in [0.25, 0.3) is 22.0 Å². The highest BCUT2D eigenvalue weighted by Crippen LogP contribution is 2.29. The molecule has 0 aliphatic carbocycles. The number of rotatable bonds is 9. The summed E-state index contributed by atoms with van der Waals surface area (Å²) in [6, 6.07) is 31.6. The minimum atomic E-state index is -0.876. The molecular weight excluding hydrogens is 488 g/mol. The Labute approximate surface area is 227 Å². The second-order valence-electron chi connectivity index (χ2n) is 9.79. The maximum atomic E-state index is 12.4.